The van der Waals surface area contributed by atoms with Gasteiger partial charge in [-0.25, -0.2) is 0 Å². The highest BCUT2D eigenvalue weighted by atomic mass is 16.5. The van der Waals surface area contributed by atoms with Gasteiger partial charge in [-0.15, -0.1) is 10.2 Å². The van der Waals surface area contributed by atoms with E-state index < -0.39 is 0 Å². The molecule has 0 unspecified atom stereocenters. The number of benzene rings is 1. The monoisotopic (exact) mass is 368 g/mol. The van der Waals surface area contributed by atoms with E-state index in [0.717, 1.165) is 17.7 Å². The van der Waals surface area contributed by atoms with Gasteiger partial charge in [0.2, 0.25) is 5.88 Å². The van der Waals surface area contributed by atoms with Crippen molar-refractivity contribution in [3.05, 3.63) is 42.0 Å². The Morgan fingerprint density at radius 3 is 2.15 bits per heavy atom. The molecule has 0 radical (unpaired) electrons. The molecule has 0 spiro atoms. The van der Waals surface area contributed by atoms with Crippen LogP contribution in [0.1, 0.15) is 77.7 Å². The highest BCUT2D eigenvalue weighted by Crippen LogP contribution is 2.20. The van der Waals surface area contributed by atoms with Crippen molar-refractivity contribution in [3.8, 4) is 17.1 Å². The van der Waals surface area contributed by atoms with Crippen LogP contribution in [-0.2, 0) is 6.42 Å². The summed E-state index contributed by atoms with van der Waals surface area (Å²) in [6, 6.07) is 12.7. The van der Waals surface area contributed by atoms with Crippen molar-refractivity contribution in [3.63, 3.8) is 0 Å². The molecule has 1 heterocycles. The van der Waals surface area contributed by atoms with Crippen molar-refractivity contribution in [1.82, 2.24) is 10.2 Å². The molecule has 0 saturated heterocycles. The van der Waals surface area contributed by atoms with E-state index in [1.165, 1.54) is 56.9 Å². The van der Waals surface area contributed by atoms with E-state index in [2.05, 4.69) is 55.2 Å². The summed E-state index contributed by atoms with van der Waals surface area (Å²) >= 11 is 0. The predicted molar refractivity (Wildman–Crippen MR) is 114 cm³/mol. The lowest BCUT2D eigenvalue weighted by atomic mass is 10.0. The maximum atomic E-state index is 5.68. The van der Waals surface area contributed by atoms with E-state index in [-0.39, 0.29) is 0 Å². The SMILES string of the molecule is CCCCCCCCCc1ccc(-c2ccc(OC[C@@H](C)CC)nn2)cc1. The van der Waals surface area contributed by atoms with Crippen LogP contribution in [0.2, 0.25) is 0 Å². The Kier molecular flexibility index (Phi) is 9.89. The van der Waals surface area contributed by atoms with Gasteiger partial charge in [-0.1, -0.05) is 90.0 Å². The van der Waals surface area contributed by atoms with Gasteiger partial charge in [0.05, 0.1) is 12.3 Å². The molecule has 0 amide bonds. The molecule has 0 fully saturated rings. The van der Waals surface area contributed by atoms with Crippen LogP contribution in [0.3, 0.4) is 0 Å². The number of hydrogen-bond acceptors (Lipinski definition) is 3. The minimum Gasteiger partial charge on any atom is -0.476 e. The molecule has 0 bridgehead atoms. The minimum atomic E-state index is 0.537. The Hall–Kier alpha value is -1.90. The molecular weight excluding hydrogens is 332 g/mol. The van der Waals surface area contributed by atoms with Gasteiger partial charge in [0.1, 0.15) is 0 Å². The van der Waals surface area contributed by atoms with Crippen LogP contribution in [0.4, 0.5) is 0 Å². The molecule has 0 N–H and O–H groups in total. The molecule has 1 aromatic carbocycles. The lowest BCUT2D eigenvalue weighted by Crippen LogP contribution is -2.08. The third-order valence-electron chi connectivity index (χ3n) is 5.17. The fourth-order valence-electron chi connectivity index (χ4n) is 3.02. The fraction of sp³-hybridized carbons (Fsp3) is 0.583. The summed E-state index contributed by atoms with van der Waals surface area (Å²) in [4.78, 5) is 0. The Balaban J connectivity index is 1.75. The molecule has 3 heteroatoms. The lowest BCUT2D eigenvalue weighted by Gasteiger charge is -2.10. The molecule has 0 aliphatic heterocycles. The third-order valence-corrected chi connectivity index (χ3v) is 5.17. The predicted octanol–water partition coefficient (Wildman–Crippen LogP) is 6.86. The van der Waals surface area contributed by atoms with E-state index in [4.69, 9.17) is 4.74 Å². The maximum absolute atomic E-state index is 5.68. The largest absolute Gasteiger partial charge is 0.476 e. The summed E-state index contributed by atoms with van der Waals surface area (Å²) in [7, 11) is 0. The first kappa shape index (κ1) is 21.4. The molecule has 27 heavy (non-hydrogen) atoms. The van der Waals surface area contributed by atoms with Crippen LogP contribution in [-0.4, -0.2) is 16.8 Å². The molecule has 0 saturated carbocycles. The van der Waals surface area contributed by atoms with Crippen molar-refractivity contribution < 1.29 is 4.74 Å². The van der Waals surface area contributed by atoms with Gasteiger partial charge in [-0.2, -0.15) is 0 Å². The van der Waals surface area contributed by atoms with E-state index in [0.29, 0.717) is 18.4 Å². The zero-order valence-electron chi connectivity index (χ0n) is 17.4. The zero-order chi connectivity index (χ0) is 19.3. The molecule has 0 aliphatic carbocycles. The number of aryl methyl sites for hydroxylation is 1. The van der Waals surface area contributed by atoms with E-state index >= 15 is 0 Å². The van der Waals surface area contributed by atoms with Crippen molar-refractivity contribution in [2.24, 2.45) is 5.92 Å². The van der Waals surface area contributed by atoms with Crippen LogP contribution in [0.5, 0.6) is 5.88 Å². The standard InChI is InChI=1S/C24H36N2O/c1-4-6-7-8-9-10-11-12-21-13-15-22(16-14-21)23-17-18-24(26-25-23)27-19-20(3)5-2/h13-18,20H,4-12,19H2,1-3H3/t20-/m0/s1. The summed E-state index contributed by atoms with van der Waals surface area (Å²) in [5.41, 5.74) is 3.42. The molecule has 2 rings (SSSR count). The highest BCUT2D eigenvalue weighted by Gasteiger charge is 2.04. The second-order valence-electron chi connectivity index (χ2n) is 7.65. The minimum absolute atomic E-state index is 0.537. The first-order chi connectivity index (χ1) is 13.2. The van der Waals surface area contributed by atoms with Gasteiger partial charge in [-0.05, 0) is 30.4 Å². The van der Waals surface area contributed by atoms with Gasteiger partial charge < -0.3 is 4.74 Å². The van der Waals surface area contributed by atoms with E-state index in [1.54, 1.807) is 0 Å². The van der Waals surface area contributed by atoms with Gasteiger partial charge in [0.15, 0.2) is 0 Å². The van der Waals surface area contributed by atoms with E-state index in [1.807, 2.05) is 12.1 Å². The average Bonchev–Trinajstić information content (AvgIpc) is 2.72. The normalized spacial score (nSPS) is 12.1. The zero-order valence-corrected chi connectivity index (χ0v) is 17.4. The van der Waals surface area contributed by atoms with Crippen LogP contribution in [0.25, 0.3) is 11.3 Å². The number of hydrogen-bond donors (Lipinski definition) is 0. The Morgan fingerprint density at radius 2 is 1.52 bits per heavy atom. The molecule has 148 valence electrons. The van der Waals surface area contributed by atoms with Gasteiger partial charge >= 0.3 is 0 Å². The highest BCUT2D eigenvalue weighted by molar-refractivity contribution is 5.58. The number of ether oxygens (including phenoxy) is 1. The topological polar surface area (TPSA) is 35.0 Å². The summed E-state index contributed by atoms with van der Waals surface area (Å²) in [6.07, 6.45) is 11.8. The summed E-state index contributed by atoms with van der Waals surface area (Å²) in [5, 5.41) is 8.52. The first-order valence-corrected chi connectivity index (χ1v) is 10.8. The molecule has 3 nitrogen and oxygen atoms in total. The Morgan fingerprint density at radius 1 is 0.815 bits per heavy atom. The smallest absolute Gasteiger partial charge is 0.233 e. The number of unbranched alkanes of at least 4 members (excludes halogenated alkanes) is 6. The third kappa shape index (κ3) is 8.11. The number of rotatable bonds is 13. The van der Waals surface area contributed by atoms with Crippen molar-refractivity contribution in [2.75, 3.05) is 6.61 Å². The average molecular weight is 369 g/mol. The van der Waals surface area contributed by atoms with Crippen LogP contribution in [0.15, 0.2) is 36.4 Å². The fourth-order valence-corrected chi connectivity index (χ4v) is 3.02. The Bertz CT molecular complexity index is 622. The van der Waals surface area contributed by atoms with Crippen LogP contribution in [0, 0.1) is 5.92 Å². The lowest BCUT2D eigenvalue weighted by molar-refractivity contribution is 0.245. The van der Waals surface area contributed by atoms with Crippen molar-refractivity contribution in [1.29, 1.82) is 0 Å². The summed E-state index contributed by atoms with van der Waals surface area (Å²) in [6.45, 7) is 7.30. The first-order valence-electron chi connectivity index (χ1n) is 10.8. The van der Waals surface area contributed by atoms with Gasteiger partial charge in [0.25, 0.3) is 0 Å². The molecule has 1 aromatic heterocycles. The quantitative estimate of drug-likeness (QED) is 0.362. The molecule has 2 aromatic rings. The second kappa shape index (κ2) is 12.5. The van der Waals surface area contributed by atoms with Crippen LogP contribution < -0.4 is 4.74 Å². The molecular formula is C24H36N2O. The summed E-state index contributed by atoms with van der Waals surface area (Å²) < 4.78 is 5.68. The number of nitrogens with zero attached hydrogens (tertiary/aromatic N) is 2. The van der Waals surface area contributed by atoms with Gasteiger partial charge in [-0.3, -0.25) is 0 Å². The summed E-state index contributed by atoms with van der Waals surface area (Å²) in [5.74, 6) is 1.14. The second-order valence-corrected chi connectivity index (χ2v) is 7.65. The van der Waals surface area contributed by atoms with Gasteiger partial charge in [0, 0.05) is 11.6 Å². The van der Waals surface area contributed by atoms with Crippen LogP contribution >= 0.6 is 0 Å². The molecule has 1 atom stereocenters. The van der Waals surface area contributed by atoms with Crippen molar-refractivity contribution >= 4 is 0 Å². The van der Waals surface area contributed by atoms with E-state index in [9.17, 15) is 0 Å². The van der Waals surface area contributed by atoms with Crippen molar-refractivity contribution in [2.45, 2.75) is 78.6 Å². The maximum Gasteiger partial charge on any atom is 0.233 e. The Labute approximate surface area is 165 Å². The number of aromatic nitrogens is 2. The molecule has 0 aliphatic rings.